The molecule has 0 bridgehead atoms. The Hall–Kier alpha value is -1.50. The molecule has 0 fully saturated rings. The van der Waals surface area contributed by atoms with Gasteiger partial charge in [0, 0.05) is 16.9 Å². The lowest BCUT2D eigenvalue weighted by molar-refractivity contribution is -0.113. The van der Waals surface area contributed by atoms with Gasteiger partial charge >= 0.3 is 0 Å². The number of nitrogens with one attached hydrogen (secondary N) is 1. The van der Waals surface area contributed by atoms with E-state index in [4.69, 9.17) is 28.5 Å². The van der Waals surface area contributed by atoms with Crippen molar-refractivity contribution in [2.24, 2.45) is 0 Å². The summed E-state index contributed by atoms with van der Waals surface area (Å²) in [4.78, 5) is 11.1. The van der Waals surface area contributed by atoms with Gasteiger partial charge < -0.3 is 5.32 Å². The van der Waals surface area contributed by atoms with Crippen molar-refractivity contribution >= 4 is 34.7 Å². The van der Waals surface area contributed by atoms with Crippen LogP contribution in [0.25, 0.3) is 0 Å². The van der Waals surface area contributed by atoms with Crippen LogP contribution in [-0.2, 0) is 4.79 Å². The standard InChI is InChI=1S/C11H8Cl2N2O/c12-5-11(16)8(6-14)7-15-10-3-1-9(13)2-4-10/h1-4,7,15H,5H2. The highest BCUT2D eigenvalue weighted by atomic mass is 35.5. The van der Waals surface area contributed by atoms with Crippen LogP contribution in [-0.4, -0.2) is 11.7 Å². The number of allylic oxidation sites excluding steroid dienone is 1. The van der Waals surface area contributed by atoms with Crippen molar-refractivity contribution in [1.82, 2.24) is 0 Å². The lowest BCUT2D eigenvalue weighted by atomic mass is 10.2. The van der Waals surface area contributed by atoms with Gasteiger partial charge in [0.1, 0.15) is 11.6 Å². The van der Waals surface area contributed by atoms with Gasteiger partial charge in [0.2, 0.25) is 0 Å². The molecule has 0 aliphatic heterocycles. The monoisotopic (exact) mass is 254 g/mol. The number of nitriles is 1. The zero-order valence-electron chi connectivity index (χ0n) is 8.21. The molecular weight excluding hydrogens is 247 g/mol. The summed E-state index contributed by atoms with van der Waals surface area (Å²) in [6, 6.07) is 8.65. The molecule has 0 aromatic heterocycles. The van der Waals surface area contributed by atoms with Crippen molar-refractivity contribution in [3.63, 3.8) is 0 Å². The molecule has 0 saturated heterocycles. The van der Waals surface area contributed by atoms with Gasteiger partial charge in [-0.3, -0.25) is 4.79 Å². The van der Waals surface area contributed by atoms with Crippen LogP contribution in [0.15, 0.2) is 36.0 Å². The summed E-state index contributed by atoms with van der Waals surface area (Å²) < 4.78 is 0. The highest BCUT2D eigenvalue weighted by molar-refractivity contribution is 6.31. The van der Waals surface area contributed by atoms with Gasteiger partial charge in [-0.05, 0) is 24.3 Å². The molecule has 1 aromatic rings. The van der Waals surface area contributed by atoms with Gasteiger partial charge in [0.25, 0.3) is 0 Å². The summed E-state index contributed by atoms with van der Waals surface area (Å²) in [5, 5.41) is 12.1. The average Bonchev–Trinajstić information content (AvgIpc) is 2.31. The number of anilines is 1. The number of hydrogen-bond donors (Lipinski definition) is 1. The smallest absolute Gasteiger partial charge is 0.189 e. The molecule has 0 aliphatic carbocycles. The van der Waals surface area contributed by atoms with Gasteiger partial charge in [-0.15, -0.1) is 11.6 Å². The van der Waals surface area contributed by atoms with E-state index in [1.807, 2.05) is 0 Å². The third-order valence-electron chi connectivity index (χ3n) is 1.77. The van der Waals surface area contributed by atoms with Crippen molar-refractivity contribution in [3.8, 4) is 6.07 Å². The summed E-state index contributed by atoms with van der Waals surface area (Å²) in [6.07, 6.45) is 1.33. The number of Topliss-reactive ketones (excluding diaryl/α,β-unsaturated/α-hetero) is 1. The van der Waals surface area contributed by atoms with E-state index in [0.717, 1.165) is 5.69 Å². The molecule has 82 valence electrons. The molecule has 16 heavy (non-hydrogen) atoms. The van der Waals surface area contributed by atoms with E-state index >= 15 is 0 Å². The van der Waals surface area contributed by atoms with Crippen LogP contribution >= 0.6 is 23.2 Å². The number of nitrogens with zero attached hydrogens (tertiary/aromatic N) is 1. The zero-order chi connectivity index (χ0) is 12.0. The summed E-state index contributed by atoms with van der Waals surface area (Å²) >= 11 is 11.0. The number of benzene rings is 1. The maximum atomic E-state index is 11.1. The molecule has 3 nitrogen and oxygen atoms in total. The molecular formula is C11H8Cl2N2O. The van der Waals surface area contributed by atoms with Crippen molar-refractivity contribution in [3.05, 3.63) is 41.1 Å². The molecule has 0 aliphatic rings. The Morgan fingerprint density at radius 2 is 2.06 bits per heavy atom. The fourth-order valence-electron chi connectivity index (χ4n) is 0.949. The maximum Gasteiger partial charge on any atom is 0.189 e. The number of rotatable bonds is 4. The van der Waals surface area contributed by atoms with E-state index < -0.39 is 5.78 Å². The topological polar surface area (TPSA) is 52.9 Å². The van der Waals surface area contributed by atoms with Gasteiger partial charge in [-0.2, -0.15) is 5.26 Å². The third-order valence-corrected chi connectivity index (χ3v) is 2.26. The Labute approximate surface area is 103 Å². The van der Waals surface area contributed by atoms with E-state index in [0.29, 0.717) is 5.02 Å². The van der Waals surface area contributed by atoms with E-state index in [1.54, 1.807) is 30.3 Å². The van der Waals surface area contributed by atoms with Crippen LogP contribution < -0.4 is 5.32 Å². The molecule has 0 radical (unpaired) electrons. The van der Waals surface area contributed by atoms with E-state index in [1.165, 1.54) is 6.20 Å². The molecule has 0 unspecified atom stereocenters. The third kappa shape index (κ3) is 3.58. The predicted octanol–water partition coefficient (Wildman–Crippen LogP) is 2.97. The molecule has 1 rings (SSSR count). The van der Waals surface area contributed by atoms with Crippen LogP contribution in [0.2, 0.25) is 5.02 Å². The Bertz CT molecular complexity index is 446. The van der Waals surface area contributed by atoms with E-state index in [9.17, 15) is 4.79 Å². The van der Waals surface area contributed by atoms with Gasteiger partial charge in [-0.25, -0.2) is 0 Å². The first-order valence-electron chi connectivity index (χ1n) is 4.39. The Kier molecular flexibility index (Phi) is 4.84. The molecule has 1 N–H and O–H groups in total. The minimum atomic E-state index is -0.411. The lowest BCUT2D eigenvalue weighted by Gasteiger charge is -2.01. The van der Waals surface area contributed by atoms with Gasteiger partial charge in [0.15, 0.2) is 5.78 Å². The SMILES string of the molecule is N#CC(=CNc1ccc(Cl)cc1)C(=O)CCl. The van der Waals surface area contributed by atoms with Crippen LogP contribution in [0.3, 0.4) is 0 Å². The van der Waals surface area contributed by atoms with E-state index in [-0.39, 0.29) is 11.5 Å². The Balaban J connectivity index is 2.75. The lowest BCUT2D eigenvalue weighted by Crippen LogP contribution is -2.04. The summed E-state index contributed by atoms with van der Waals surface area (Å²) in [6.45, 7) is 0. The first-order chi connectivity index (χ1) is 7.67. The minimum Gasteiger partial charge on any atom is -0.360 e. The molecule has 0 atom stereocenters. The summed E-state index contributed by atoms with van der Waals surface area (Å²) in [5.41, 5.74) is 0.726. The number of carbonyl (C=O) groups excluding carboxylic acids is 1. The maximum absolute atomic E-state index is 11.1. The van der Waals surface area contributed by atoms with Crippen LogP contribution in [0.4, 0.5) is 5.69 Å². The molecule has 0 saturated carbocycles. The fraction of sp³-hybridized carbons (Fsp3) is 0.0909. The van der Waals surface area contributed by atoms with Crippen molar-refractivity contribution in [1.29, 1.82) is 5.26 Å². The Morgan fingerprint density at radius 1 is 1.44 bits per heavy atom. The number of halogens is 2. The zero-order valence-corrected chi connectivity index (χ0v) is 9.72. The van der Waals surface area contributed by atoms with Crippen molar-refractivity contribution in [2.45, 2.75) is 0 Å². The second kappa shape index (κ2) is 6.16. The predicted molar refractivity (Wildman–Crippen MR) is 64.5 cm³/mol. The highest BCUT2D eigenvalue weighted by Crippen LogP contribution is 2.13. The molecule has 1 aromatic carbocycles. The number of hydrogen-bond acceptors (Lipinski definition) is 3. The minimum absolute atomic E-state index is 0.00931. The van der Waals surface area contributed by atoms with Crippen molar-refractivity contribution in [2.75, 3.05) is 11.2 Å². The number of carbonyl (C=O) groups is 1. The first-order valence-corrected chi connectivity index (χ1v) is 5.30. The quantitative estimate of drug-likeness (QED) is 0.511. The largest absolute Gasteiger partial charge is 0.360 e. The first kappa shape index (κ1) is 12.6. The second-order valence-corrected chi connectivity index (χ2v) is 3.58. The summed E-state index contributed by atoms with van der Waals surface area (Å²) in [5.74, 6) is -0.618. The molecule has 5 heteroatoms. The van der Waals surface area contributed by atoms with Crippen LogP contribution in [0.1, 0.15) is 0 Å². The summed E-state index contributed by atoms with van der Waals surface area (Å²) in [7, 11) is 0. The molecule has 0 heterocycles. The number of alkyl halides is 1. The molecule has 0 amide bonds. The average molecular weight is 255 g/mol. The van der Waals surface area contributed by atoms with E-state index in [2.05, 4.69) is 5.32 Å². The van der Waals surface area contributed by atoms with Gasteiger partial charge in [0.05, 0.1) is 5.88 Å². The van der Waals surface area contributed by atoms with Crippen molar-refractivity contribution < 1.29 is 4.79 Å². The highest BCUT2D eigenvalue weighted by Gasteiger charge is 2.06. The fourth-order valence-corrected chi connectivity index (χ4v) is 1.22. The normalized spacial score (nSPS) is 10.7. The second-order valence-electron chi connectivity index (χ2n) is 2.88. The molecule has 0 spiro atoms. The van der Waals surface area contributed by atoms with Gasteiger partial charge in [-0.1, -0.05) is 11.6 Å². The Morgan fingerprint density at radius 3 is 2.56 bits per heavy atom. The van der Waals surface area contributed by atoms with Crippen LogP contribution in [0.5, 0.6) is 0 Å². The van der Waals surface area contributed by atoms with Crippen LogP contribution in [0, 0.1) is 11.3 Å². The number of ketones is 1.